The summed E-state index contributed by atoms with van der Waals surface area (Å²) >= 11 is 0. The number of Topliss-reactive ketones (excluding diaryl/α,β-unsaturated/α-hetero) is 2. The Balaban J connectivity index is 0. The number of hydrogen-bond acceptors (Lipinski definition) is 6. The van der Waals surface area contributed by atoms with E-state index in [1.54, 1.807) is 0 Å². The van der Waals surface area contributed by atoms with Gasteiger partial charge in [0.1, 0.15) is 0 Å². The summed E-state index contributed by atoms with van der Waals surface area (Å²) in [5.74, 6) is -0.828. The van der Waals surface area contributed by atoms with Gasteiger partial charge in [-0.2, -0.15) is 0 Å². The summed E-state index contributed by atoms with van der Waals surface area (Å²) in [5, 5.41) is 32.9. The first-order chi connectivity index (χ1) is 23.5. The second kappa shape index (κ2) is 34.3. The van der Waals surface area contributed by atoms with Gasteiger partial charge in [0.2, 0.25) is 0 Å². The summed E-state index contributed by atoms with van der Waals surface area (Å²) in [6.45, 7) is 8.61. The molecule has 0 spiro atoms. The predicted molar refractivity (Wildman–Crippen MR) is 216 cm³/mol. The molecule has 0 heterocycles. The lowest BCUT2D eigenvalue weighted by atomic mass is 9.94. The Morgan fingerprint density at radius 3 is 0.860 bits per heavy atom. The number of unbranched alkanes of at least 4 members (excludes halogenated alkanes) is 28. The molecule has 50 heavy (non-hydrogen) atoms. The second-order valence-corrected chi connectivity index (χ2v) is 15.7. The van der Waals surface area contributed by atoms with Crippen LogP contribution in [-0.4, -0.2) is 55.9 Å². The Labute approximate surface area is 317 Å². The van der Waals surface area contributed by atoms with E-state index in [4.69, 9.17) is 0 Å². The van der Waals surface area contributed by atoms with Crippen molar-refractivity contribution < 1.29 is 24.9 Å². The van der Waals surface area contributed by atoms with Crippen LogP contribution in [0, 0.1) is 0 Å². The van der Waals surface area contributed by atoms with Crippen LogP contribution in [0.4, 0.5) is 0 Å². The molecule has 0 aliphatic rings. The molecular weight excluding hydrogens is 646 g/mol. The van der Waals surface area contributed by atoms with Crippen LogP contribution in [0.1, 0.15) is 240 Å². The van der Waals surface area contributed by atoms with Crippen molar-refractivity contribution in [3.8, 4) is 0 Å². The number of carbonyl (C=O) groups is 2. The highest BCUT2D eigenvalue weighted by atomic mass is 35.5. The summed E-state index contributed by atoms with van der Waals surface area (Å²) in [5.41, 5.74) is -4.08. The minimum Gasteiger partial charge on any atom is -0.392 e. The monoisotopic (exact) mass is 732 g/mol. The third-order valence-corrected chi connectivity index (χ3v) is 10.6. The van der Waals surface area contributed by atoms with Crippen LogP contribution >= 0.6 is 12.4 Å². The van der Waals surface area contributed by atoms with Gasteiger partial charge < -0.3 is 15.3 Å². The standard InChI is InChI=1S/C43H85NO5.ClH/c1-6-8-10-12-14-16-18-20-22-24-26-28-30-32-34-36-40(46)42(4,48)44(38-39(3)45)43(5,49)41(47)37-35-33-31-29-27-25-23-21-19-17-15-13-11-9-7-2;/h39,45,48-49H,6-38H2,1-5H3;1H. The average Bonchev–Trinajstić information content (AvgIpc) is 3.06. The molecule has 0 aromatic carbocycles. The molecule has 0 fully saturated rings. The number of aliphatic hydroxyl groups excluding tert-OH is 1. The highest BCUT2D eigenvalue weighted by molar-refractivity contribution is 5.90. The van der Waals surface area contributed by atoms with E-state index in [0.717, 1.165) is 43.4 Å². The fourth-order valence-corrected chi connectivity index (χ4v) is 7.13. The highest BCUT2D eigenvalue weighted by Gasteiger charge is 2.49. The van der Waals surface area contributed by atoms with Gasteiger partial charge >= 0.3 is 0 Å². The van der Waals surface area contributed by atoms with Crippen molar-refractivity contribution in [1.82, 2.24) is 4.90 Å². The van der Waals surface area contributed by atoms with Gasteiger partial charge in [-0.15, -0.1) is 12.4 Å². The predicted octanol–water partition coefficient (Wildman–Crippen LogP) is 12.2. The van der Waals surface area contributed by atoms with Crippen molar-refractivity contribution in [3.05, 3.63) is 0 Å². The summed E-state index contributed by atoms with van der Waals surface area (Å²) in [7, 11) is 0. The van der Waals surface area contributed by atoms with E-state index in [-0.39, 0.29) is 31.8 Å². The Morgan fingerprint density at radius 1 is 0.460 bits per heavy atom. The molecule has 3 atom stereocenters. The molecule has 0 aromatic rings. The minimum absolute atomic E-state index is 0. The van der Waals surface area contributed by atoms with Crippen LogP contribution in [0.15, 0.2) is 0 Å². The smallest absolute Gasteiger partial charge is 0.179 e. The molecule has 0 radical (unpaired) electrons. The zero-order chi connectivity index (χ0) is 36.6. The summed E-state index contributed by atoms with van der Waals surface area (Å²) in [6, 6.07) is 0. The van der Waals surface area contributed by atoms with Gasteiger partial charge in [-0.05, 0) is 33.6 Å². The van der Waals surface area contributed by atoms with Crippen LogP contribution in [0.5, 0.6) is 0 Å². The van der Waals surface area contributed by atoms with Crippen LogP contribution < -0.4 is 0 Å². The third kappa shape index (κ3) is 27.1. The van der Waals surface area contributed by atoms with Crippen molar-refractivity contribution in [1.29, 1.82) is 0 Å². The number of hydrogen-bond donors (Lipinski definition) is 3. The number of ketones is 2. The first kappa shape index (κ1) is 51.6. The minimum atomic E-state index is -2.04. The Morgan fingerprint density at radius 2 is 0.660 bits per heavy atom. The Kier molecular flexibility index (Phi) is 35.3. The zero-order valence-electron chi connectivity index (χ0n) is 33.9. The van der Waals surface area contributed by atoms with Gasteiger partial charge in [-0.1, -0.05) is 194 Å². The second-order valence-electron chi connectivity index (χ2n) is 15.7. The van der Waals surface area contributed by atoms with E-state index in [9.17, 15) is 24.9 Å². The van der Waals surface area contributed by atoms with Gasteiger partial charge in [0.25, 0.3) is 0 Å². The van der Waals surface area contributed by atoms with Crippen LogP contribution in [0.25, 0.3) is 0 Å². The first-order valence-corrected chi connectivity index (χ1v) is 21.5. The largest absolute Gasteiger partial charge is 0.392 e. The first-order valence-electron chi connectivity index (χ1n) is 21.5. The fraction of sp³-hybridized carbons (Fsp3) is 0.953. The molecule has 300 valence electrons. The molecule has 0 bridgehead atoms. The number of aliphatic hydroxyl groups is 3. The van der Waals surface area contributed by atoms with Gasteiger partial charge in [0.05, 0.1) is 6.10 Å². The van der Waals surface area contributed by atoms with Gasteiger partial charge in [0, 0.05) is 19.4 Å². The maximum absolute atomic E-state index is 13.2. The molecular formula is C43H86ClNO5. The molecule has 0 saturated heterocycles. The zero-order valence-corrected chi connectivity index (χ0v) is 34.7. The van der Waals surface area contributed by atoms with Gasteiger partial charge in [-0.3, -0.25) is 9.59 Å². The van der Waals surface area contributed by atoms with E-state index in [2.05, 4.69) is 13.8 Å². The quantitative estimate of drug-likeness (QED) is 0.0432. The topological polar surface area (TPSA) is 98.1 Å². The Bertz CT molecular complexity index is 714. The van der Waals surface area contributed by atoms with Crippen LogP contribution in [0.3, 0.4) is 0 Å². The van der Waals surface area contributed by atoms with Crippen molar-refractivity contribution >= 4 is 24.0 Å². The van der Waals surface area contributed by atoms with E-state index in [1.807, 2.05) is 0 Å². The third-order valence-electron chi connectivity index (χ3n) is 10.6. The van der Waals surface area contributed by atoms with Crippen LogP contribution in [0.2, 0.25) is 0 Å². The lowest BCUT2D eigenvalue weighted by molar-refractivity contribution is -0.218. The lowest BCUT2D eigenvalue weighted by Gasteiger charge is -2.44. The van der Waals surface area contributed by atoms with Gasteiger partial charge in [-0.25, -0.2) is 4.90 Å². The van der Waals surface area contributed by atoms with Gasteiger partial charge in [0.15, 0.2) is 23.0 Å². The molecule has 0 amide bonds. The van der Waals surface area contributed by atoms with Crippen LogP contribution in [-0.2, 0) is 9.59 Å². The maximum Gasteiger partial charge on any atom is 0.179 e. The average molecular weight is 733 g/mol. The van der Waals surface area contributed by atoms with Crippen molar-refractivity contribution in [2.45, 2.75) is 258 Å². The molecule has 7 heteroatoms. The molecule has 3 N–H and O–H groups in total. The van der Waals surface area contributed by atoms with E-state index >= 15 is 0 Å². The molecule has 0 aromatic heterocycles. The molecule has 0 rings (SSSR count). The SMILES string of the molecule is CCCCCCCCCCCCCCCCCC(=O)C(C)(O)N(CC(C)O)C(C)(O)C(=O)CCCCCCCCCCCCCCCCC.Cl. The summed E-state index contributed by atoms with van der Waals surface area (Å²) in [6.07, 6.45) is 36.6. The number of nitrogens with zero attached hydrogens (tertiary/aromatic N) is 1. The summed E-state index contributed by atoms with van der Waals surface area (Å²) < 4.78 is 0. The number of carbonyl (C=O) groups excluding carboxylic acids is 2. The van der Waals surface area contributed by atoms with E-state index < -0.39 is 29.1 Å². The molecule has 0 aliphatic heterocycles. The van der Waals surface area contributed by atoms with E-state index in [1.165, 1.54) is 162 Å². The molecule has 6 nitrogen and oxygen atoms in total. The Hall–Kier alpha value is -0.530. The summed E-state index contributed by atoms with van der Waals surface area (Å²) in [4.78, 5) is 27.5. The highest BCUT2D eigenvalue weighted by Crippen LogP contribution is 2.28. The fourth-order valence-electron chi connectivity index (χ4n) is 7.13. The van der Waals surface area contributed by atoms with E-state index in [0.29, 0.717) is 12.8 Å². The number of halogens is 1. The molecule has 3 unspecified atom stereocenters. The molecule has 0 saturated carbocycles. The number of rotatable bonds is 38. The lowest BCUT2D eigenvalue weighted by Crippen LogP contribution is -2.66. The molecule has 0 aliphatic carbocycles. The van der Waals surface area contributed by atoms with Crippen molar-refractivity contribution in [3.63, 3.8) is 0 Å². The van der Waals surface area contributed by atoms with Crippen molar-refractivity contribution in [2.75, 3.05) is 6.54 Å². The maximum atomic E-state index is 13.2. The normalized spacial score (nSPS) is 14.7. The van der Waals surface area contributed by atoms with Crippen molar-refractivity contribution in [2.24, 2.45) is 0 Å².